The number of nitrogens with one attached hydrogen (secondary N) is 1. The zero-order chi connectivity index (χ0) is 11.3. The van der Waals surface area contributed by atoms with Gasteiger partial charge in [0.15, 0.2) is 0 Å². The fraction of sp³-hybridized carbons (Fsp3) is 0.364. The van der Waals surface area contributed by atoms with E-state index < -0.39 is 0 Å². The van der Waals surface area contributed by atoms with Gasteiger partial charge in [-0.25, -0.2) is 4.79 Å². The second-order valence-electron chi connectivity index (χ2n) is 3.14. The Morgan fingerprint density at radius 1 is 1.47 bits per heavy atom. The van der Waals surface area contributed by atoms with Crippen LogP contribution in [0.5, 0.6) is 5.75 Å². The number of carbonyl (C=O) groups excluding carboxylic acids is 1. The summed E-state index contributed by atoms with van der Waals surface area (Å²) < 4.78 is 5.13. The number of para-hydroxylation sites is 2. The molecule has 0 aromatic heterocycles. The minimum atomic E-state index is -0.137. The first-order valence-corrected chi connectivity index (χ1v) is 4.84. The number of benzene rings is 1. The van der Waals surface area contributed by atoms with Crippen molar-refractivity contribution in [1.29, 1.82) is 0 Å². The molecule has 4 heteroatoms. The van der Waals surface area contributed by atoms with Gasteiger partial charge >= 0.3 is 6.03 Å². The highest BCUT2D eigenvalue weighted by Gasteiger charge is 2.08. The average Bonchev–Trinajstić information content (AvgIpc) is 2.28. The van der Waals surface area contributed by atoms with Crippen LogP contribution in [0.25, 0.3) is 0 Å². The second-order valence-corrected chi connectivity index (χ2v) is 3.14. The highest BCUT2D eigenvalue weighted by Crippen LogP contribution is 2.23. The normalized spacial score (nSPS) is 9.53. The van der Waals surface area contributed by atoms with Crippen LogP contribution in [0.15, 0.2) is 24.3 Å². The van der Waals surface area contributed by atoms with Crippen LogP contribution in [0, 0.1) is 0 Å². The smallest absolute Gasteiger partial charge is 0.321 e. The lowest BCUT2D eigenvalue weighted by Gasteiger charge is -2.16. The van der Waals surface area contributed by atoms with Gasteiger partial charge in [0.1, 0.15) is 5.75 Å². The van der Waals surface area contributed by atoms with Gasteiger partial charge in [-0.05, 0) is 19.1 Å². The van der Waals surface area contributed by atoms with Crippen molar-refractivity contribution in [2.75, 3.05) is 26.0 Å². The van der Waals surface area contributed by atoms with Crippen molar-refractivity contribution in [3.63, 3.8) is 0 Å². The van der Waals surface area contributed by atoms with Crippen molar-refractivity contribution in [3.05, 3.63) is 24.3 Å². The van der Waals surface area contributed by atoms with Gasteiger partial charge < -0.3 is 15.0 Å². The molecule has 1 rings (SSSR count). The van der Waals surface area contributed by atoms with E-state index in [1.54, 1.807) is 25.1 Å². The first-order chi connectivity index (χ1) is 7.19. The van der Waals surface area contributed by atoms with Gasteiger partial charge in [0.25, 0.3) is 0 Å². The van der Waals surface area contributed by atoms with Crippen LogP contribution in [0.3, 0.4) is 0 Å². The Labute approximate surface area is 89.8 Å². The van der Waals surface area contributed by atoms with Crippen LogP contribution >= 0.6 is 0 Å². The predicted molar refractivity (Wildman–Crippen MR) is 60.3 cm³/mol. The molecule has 2 amide bonds. The minimum Gasteiger partial charge on any atom is -0.495 e. The summed E-state index contributed by atoms with van der Waals surface area (Å²) in [6, 6.07) is 7.19. The fourth-order valence-corrected chi connectivity index (χ4v) is 1.10. The Balaban J connectivity index is 2.76. The number of rotatable bonds is 3. The average molecular weight is 208 g/mol. The van der Waals surface area contributed by atoms with E-state index in [-0.39, 0.29) is 6.03 Å². The molecule has 0 radical (unpaired) electrons. The molecule has 0 fully saturated rings. The Kier molecular flexibility index (Phi) is 3.97. The molecule has 1 N–H and O–H groups in total. The van der Waals surface area contributed by atoms with Crippen molar-refractivity contribution >= 4 is 11.7 Å². The predicted octanol–water partition coefficient (Wildman–Crippen LogP) is 2.18. The maximum absolute atomic E-state index is 11.6. The number of methoxy groups -OCH3 is 1. The van der Waals surface area contributed by atoms with Crippen LogP contribution in [0.4, 0.5) is 10.5 Å². The Bertz CT molecular complexity index is 339. The summed E-state index contributed by atoms with van der Waals surface area (Å²) in [5, 5.41) is 2.77. The Morgan fingerprint density at radius 2 is 2.13 bits per heavy atom. The standard InChI is InChI=1S/C11H16N2O2/c1-4-13(2)11(14)12-9-7-5-6-8-10(9)15-3/h5-8H,4H2,1-3H3,(H,12,14). The number of anilines is 1. The highest BCUT2D eigenvalue weighted by molar-refractivity contribution is 5.90. The van der Waals surface area contributed by atoms with E-state index in [4.69, 9.17) is 4.74 Å². The van der Waals surface area contributed by atoms with Crippen molar-refractivity contribution < 1.29 is 9.53 Å². The maximum Gasteiger partial charge on any atom is 0.321 e. The molecule has 0 aliphatic heterocycles. The molecule has 82 valence electrons. The van der Waals surface area contributed by atoms with Crippen molar-refractivity contribution in [2.24, 2.45) is 0 Å². The van der Waals surface area contributed by atoms with Crippen molar-refractivity contribution in [2.45, 2.75) is 6.92 Å². The monoisotopic (exact) mass is 208 g/mol. The van der Waals surface area contributed by atoms with Crippen LogP contribution in [-0.4, -0.2) is 31.6 Å². The van der Waals surface area contributed by atoms with Gasteiger partial charge in [-0.3, -0.25) is 0 Å². The molecule has 1 aromatic carbocycles. The first kappa shape index (κ1) is 11.4. The number of nitrogens with zero attached hydrogens (tertiary/aromatic N) is 1. The van der Waals surface area contributed by atoms with Crippen LogP contribution in [-0.2, 0) is 0 Å². The summed E-state index contributed by atoms with van der Waals surface area (Å²) in [4.78, 5) is 13.2. The molecular formula is C11H16N2O2. The summed E-state index contributed by atoms with van der Waals surface area (Å²) in [6.45, 7) is 2.59. The van der Waals surface area contributed by atoms with Crippen LogP contribution in [0.1, 0.15) is 6.92 Å². The molecule has 0 saturated carbocycles. The van der Waals surface area contributed by atoms with E-state index in [2.05, 4.69) is 5.32 Å². The SMILES string of the molecule is CCN(C)C(=O)Nc1ccccc1OC. The molecule has 15 heavy (non-hydrogen) atoms. The van der Waals surface area contributed by atoms with Gasteiger partial charge in [0.2, 0.25) is 0 Å². The number of urea groups is 1. The third-order valence-electron chi connectivity index (χ3n) is 2.17. The van der Waals surface area contributed by atoms with Gasteiger partial charge in [-0.2, -0.15) is 0 Å². The number of amides is 2. The summed E-state index contributed by atoms with van der Waals surface area (Å²) in [5.74, 6) is 0.662. The molecule has 0 saturated heterocycles. The second kappa shape index (κ2) is 5.24. The Morgan fingerprint density at radius 3 is 2.73 bits per heavy atom. The number of carbonyl (C=O) groups is 1. The molecular weight excluding hydrogens is 192 g/mol. The zero-order valence-corrected chi connectivity index (χ0v) is 9.28. The molecule has 0 heterocycles. The molecule has 0 bridgehead atoms. The van der Waals surface area contributed by atoms with E-state index in [1.807, 2.05) is 25.1 Å². The molecule has 4 nitrogen and oxygen atoms in total. The van der Waals surface area contributed by atoms with Gasteiger partial charge in [-0.1, -0.05) is 12.1 Å². The molecule has 1 aromatic rings. The van der Waals surface area contributed by atoms with Gasteiger partial charge in [0.05, 0.1) is 12.8 Å². The number of ether oxygens (including phenoxy) is 1. The lowest BCUT2D eigenvalue weighted by Crippen LogP contribution is -2.31. The van der Waals surface area contributed by atoms with Gasteiger partial charge in [0, 0.05) is 13.6 Å². The van der Waals surface area contributed by atoms with E-state index in [0.29, 0.717) is 18.0 Å². The number of hydrogen-bond donors (Lipinski definition) is 1. The van der Waals surface area contributed by atoms with Crippen molar-refractivity contribution in [1.82, 2.24) is 4.90 Å². The fourth-order valence-electron chi connectivity index (χ4n) is 1.10. The van der Waals surface area contributed by atoms with E-state index in [1.165, 1.54) is 0 Å². The minimum absolute atomic E-state index is 0.137. The summed E-state index contributed by atoms with van der Waals surface area (Å²) in [6.07, 6.45) is 0. The molecule has 0 unspecified atom stereocenters. The molecule has 0 aliphatic rings. The van der Waals surface area contributed by atoms with E-state index in [0.717, 1.165) is 0 Å². The molecule has 0 spiro atoms. The highest BCUT2D eigenvalue weighted by atomic mass is 16.5. The summed E-state index contributed by atoms with van der Waals surface area (Å²) in [5.41, 5.74) is 0.685. The molecule has 0 atom stereocenters. The molecule has 0 aliphatic carbocycles. The zero-order valence-electron chi connectivity index (χ0n) is 9.28. The lowest BCUT2D eigenvalue weighted by atomic mass is 10.3. The van der Waals surface area contributed by atoms with Gasteiger partial charge in [-0.15, -0.1) is 0 Å². The third kappa shape index (κ3) is 2.87. The first-order valence-electron chi connectivity index (χ1n) is 4.84. The largest absolute Gasteiger partial charge is 0.495 e. The topological polar surface area (TPSA) is 41.6 Å². The number of hydrogen-bond acceptors (Lipinski definition) is 2. The third-order valence-corrected chi connectivity index (χ3v) is 2.17. The van der Waals surface area contributed by atoms with Crippen LogP contribution in [0.2, 0.25) is 0 Å². The lowest BCUT2D eigenvalue weighted by molar-refractivity contribution is 0.224. The van der Waals surface area contributed by atoms with Crippen molar-refractivity contribution in [3.8, 4) is 5.75 Å². The maximum atomic E-state index is 11.6. The van der Waals surface area contributed by atoms with E-state index in [9.17, 15) is 4.79 Å². The Hall–Kier alpha value is -1.71. The quantitative estimate of drug-likeness (QED) is 0.827. The van der Waals surface area contributed by atoms with Crippen LogP contribution < -0.4 is 10.1 Å². The summed E-state index contributed by atoms with van der Waals surface area (Å²) in [7, 11) is 3.32. The summed E-state index contributed by atoms with van der Waals surface area (Å²) >= 11 is 0. The van der Waals surface area contributed by atoms with E-state index >= 15 is 0 Å².